The first kappa shape index (κ1) is 18.3. The van der Waals surface area contributed by atoms with E-state index < -0.39 is 6.04 Å². The van der Waals surface area contributed by atoms with Gasteiger partial charge in [0.25, 0.3) is 5.91 Å². The summed E-state index contributed by atoms with van der Waals surface area (Å²) in [6.07, 6.45) is 0.715. The van der Waals surface area contributed by atoms with Crippen LogP contribution in [-0.2, 0) is 16.1 Å². The van der Waals surface area contributed by atoms with E-state index in [1.807, 2.05) is 36.4 Å². The molecule has 1 atom stereocenters. The van der Waals surface area contributed by atoms with Gasteiger partial charge in [0, 0.05) is 32.4 Å². The Morgan fingerprint density at radius 1 is 1.21 bits per heavy atom. The Bertz CT molecular complexity index is 898. The Labute approximate surface area is 163 Å². The fourth-order valence-electron chi connectivity index (χ4n) is 3.58. The number of methoxy groups -OCH3 is 1. The van der Waals surface area contributed by atoms with Crippen molar-refractivity contribution in [3.8, 4) is 11.5 Å². The monoisotopic (exact) mass is 382 g/mol. The molecule has 2 amide bonds. The number of carbonyl (C=O) groups excluding carboxylic acids is 2. The van der Waals surface area contributed by atoms with E-state index >= 15 is 0 Å². The lowest BCUT2D eigenvalue weighted by molar-refractivity contribution is -0.125. The number of carbonyl (C=O) groups is 2. The Morgan fingerprint density at radius 3 is 2.89 bits per heavy atom. The minimum Gasteiger partial charge on any atom is -0.454 e. The SMILES string of the molecule is COCCCNC(=O)[C@H]1c2ccccc2C(=O)N1Cc1ccc2c(c1)OCO2. The van der Waals surface area contributed by atoms with Gasteiger partial charge in [0.2, 0.25) is 12.7 Å². The van der Waals surface area contributed by atoms with Gasteiger partial charge < -0.3 is 24.4 Å². The van der Waals surface area contributed by atoms with Crippen LogP contribution < -0.4 is 14.8 Å². The smallest absolute Gasteiger partial charge is 0.255 e. The highest BCUT2D eigenvalue weighted by atomic mass is 16.7. The van der Waals surface area contributed by atoms with Crippen LogP contribution in [0.4, 0.5) is 0 Å². The van der Waals surface area contributed by atoms with Crippen LogP contribution in [0.1, 0.15) is 33.9 Å². The average Bonchev–Trinajstić information content (AvgIpc) is 3.28. The maximum absolute atomic E-state index is 13.0. The Morgan fingerprint density at radius 2 is 2.04 bits per heavy atom. The van der Waals surface area contributed by atoms with Crippen LogP contribution in [0.15, 0.2) is 42.5 Å². The maximum atomic E-state index is 13.0. The summed E-state index contributed by atoms with van der Waals surface area (Å²) in [5.41, 5.74) is 2.18. The number of rotatable bonds is 7. The molecule has 7 nitrogen and oxygen atoms in total. The second kappa shape index (κ2) is 7.90. The quantitative estimate of drug-likeness (QED) is 0.744. The third-order valence-corrected chi connectivity index (χ3v) is 4.92. The normalized spacial score (nSPS) is 17.0. The van der Waals surface area contributed by atoms with E-state index in [2.05, 4.69) is 5.32 Å². The molecular weight excluding hydrogens is 360 g/mol. The molecule has 2 heterocycles. The predicted molar refractivity (Wildman–Crippen MR) is 101 cm³/mol. The van der Waals surface area contributed by atoms with Crippen LogP contribution in [0.3, 0.4) is 0 Å². The number of benzene rings is 2. The summed E-state index contributed by atoms with van der Waals surface area (Å²) in [4.78, 5) is 27.5. The number of ether oxygens (including phenoxy) is 3. The van der Waals surface area contributed by atoms with Crippen molar-refractivity contribution in [1.82, 2.24) is 10.2 Å². The summed E-state index contributed by atoms with van der Waals surface area (Å²) in [7, 11) is 1.63. The molecule has 0 spiro atoms. The van der Waals surface area contributed by atoms with Crippen LogP contribution in [0.25, 0.3) is 0 Å². The van der Waals surface area contributed by atoms with Gasteiger partial charge >= 0.3 is 0 Å². The standard InChI is InChI=1S/C21H22N2O5/c1-26-10-4-9-22-20(24)19-15-5-2-3-6-16(15)21(25)23(19)12-14-7-8-17-18(11-14)28-13-27-17/h2-3,5-8,11,19H,4,9-10,12-13H2,1H3,(H,22,24)/t19-/m1/s1. The topological polar surface area (TPSA) is 77.1 Å². The van der Waals surface area contributed by atoms with E-state index in [0.29, 0.717) is 43.2 Å². The molecule has 0 unspecified atom stereocenters. The van der Waals surface area contributed by atoms with Crippen molar-refractivity contribution in [1.29, 1.82) is 0 Å². The molecule has 2 aromatic rings. The summed E-state index contributed by atoms with van der Waals surface area (Å²) >= 11 is 0. The number of fused-ring (bicyclic) bond motifs is 2. The molecule has 0 radical (unpaired) electrons. The number of hydrogen-bond donors (Lipinski definition) is 1. The van der Waals surface area contributed by atoms with Gasteiger partial charge in [0.05, 0.1) is 0 Å². The molecule has 0 aliphatic carbocycles. The highest BCUT2D eigenvalue weighted by Crippen LogP contribution is 2.37. The largest absolute Gasteiger partial charge is 0.454 e. The first-order chi connectivity index (χ1) is 13.7. The first-order valence-electron chi connectivity index (χ1n) is 9.24. The van der Waals surface area contributed by atoms with Gasteiger partial charge in [-0.05, 0) is 35.7 Å². The molecule has 146 valence electrons. The zero-order valence-electron chi connectivity index (χ0n) is 15.6. The molecule has 7 heteroatoms. The highest BCUT2D eigenvalue weighted by molar-refractivity contribution is 6.04. The van der Waals surface area contributed by atoms with Crippen LogP contribution in [0, 0.1) is 0 Å². The van der Waals surface area contributed by atoms with E-state index in [0.717, 1.165) is 11.1 Å². The fraction of sp³-hybridized carbons (Fsp3) is 0.333. The zero-order valence-corrected chi connectivity index (χ0v) is 15.6. The molecule has 0 fully saturated rings. The van der Waals surface area contributed by atoms with Gasteiger partial charge in [0.15, 0.2) is 11.5 Å². The van der Waals surface area contributed by atoms with Crippen LogP contribution >= 0.6 is 0 Å². The lowest BCUT2D eigenvalue weighted by Gasteiger charge is -2.25. The van der Waals surface area contributed by atoms with E-state index in [9.17, 15) is 9.59 Å². The third-order valence-electron chi connectivity index (χ3n) is 4.92. The van der Waals surface area contributed by atoms with Crippen molar-refractivity contribution in [2.75, 3.05) is 27.1 Å². The summed E-state index contributed by atoms with van der Waals surface area (Å²) in [5, 5.41) is 2.92. The Kier molecular flexibility index (Phi) is 5.16. The molecule has 0 aromatic heterocycles. The average molecular weight is 382 g/mol. The van der Waals surface area contributed by atoms with Crippen LogP contribution in [0.5, 0.6) is 11.5 Å². The summed E-state index contributed by atoms with van der Waals surface area (Å²) < 4.78 is 15.8. The van der Waals surface area contributed by atoms with E-state index in [1.165, 1.54) is 0 Å². The molecule has 2 aliphatic heterocycles. The Hall–Kier alpha value is -3.06. The lowest BCUT2D eigenvalue weighted by Crippen LogP contribution is -2.39. The predicted octanol–water partition coefficient (Wildman–Crippen LogP) is 2.27. The van der Waals surface area contributed by atoms with E-state index in [1.54, 1.807) is 18.1 Å². The molecule has 2 aliphatic rings. The summed E-state index contributed by atoms with van der Waals surface area (Å²) in [6, 6.07) is 12.2. The van der Waals surface area contributed by atoms with Gasteiger partial charge in [-0.25, -0.2) is 0 Å². The number of hydrogen-bond acceptors (Lipinski definition) is 5. The van der Waals surface area contributed by atoms with Crippen molar-refractivity contribution in [3.63, 3.8) is 0 Å². The second-order valence-electron chi connectivity index (χ2n) is 6.75. The molecule has 1 N–H and O–H groups in total. The molecule has 4 rings (SSSR count). The summed E-state index contributed by atoms with van der Waals surface area (Å²) in [6.45, 7) is 1.57. The van der Waals surface area contributed by atoms with Crippen molar-refractivity contribution in [2.24, 2.45) is 0 Å². The summed E-state index contributed by atoms with van der Waals surface area (Å²) in [5.74, 6) is 1.01. The molecular formula is C21H22N2O5. The third kappa shape index (κ3) is 3.41. The molecule has 0 bridgehead atoms. The van der Waals surface area contributed by atoms with Crippen LogP contribution in [0.2, 0.25) is 0 Å². The van der Waals surface area contributed by atoms with Crippen molar-refractivity contribution in [3.05, 3.63) is 59.2 Å². The Balaban J connectivity index is 1.57. The van der Waals surface area contributed by atoms with Gasteiger partial charge in [-0.3, -0.25) is 9.59 Å². The van der Waals surface area contributed by atoms with Crippen molar-refractivity contribution in [2.45, 2.75) is 19.0 Å². The van der Waals surface area contributed by atoms with E-state index in [-0.39, 0.29) is 18.6 Å². The molecule has 0 saturated carbocycles. The minimum atomic E-state index is -0.656. The zero-order chi connectivity index (χ0) is 19.5. The van der Waals surface area contributed by atoms with Crippen molar-refractivity contribution < 1.29 is 23.8 Å². The van der Waals surface area contributed by atoms with Gasteiger partial charge in [0.1, 0.15) is 6.04 Å². The first-order valence-corrected chi connectivity index (χ1v) is 9.24. The fourth-order valence-corrected chi connectivity index (χ4v) is 3.58. The number of amides is 2. The molecule has 28 heavy (non-hydrogen) atoms. The highest BCUT2D eigenvalue weighted by Gasteiger charge is 2.40. The lowest BCUT2D eigenvalue weighted by atomic mass is 10.0. The number of nitrogens with one attached hydrogen (secondary N) is 1. The van der Waals surface area contributed by atoms with Gasteiger partial charge in [-0.15, -0.1) is 0 Å². The van der Waals surface area contributed by atoms with E-state index in [4.69, 9.17) is 14.2 Å². The number of nitrogens with zero attached hydrogens (tertiary/aromatic N) is 1. The molecule has 0 saturated heterocycles. The van der Waals surface area contributed by atoms with Gasteiger partial charge in [-0.2, -0.15) is 0 Å². The minimum absolute atomic E-state index is 0.148. The molecule has 2 aromatic carbocycles. The van der Waals surface area contributed by atoms with Crippen LogP contribution in [-0.4, -0.2) is 43.8 Å². The second-order valence-corrected chi connectivity index (χ2v) is 6.75. The van der Waals surface area contributed by atoms with Gasteiger partial charge in [-0.1, -0.05) is 24.3 Å². The maximum Gasteiger partial charge on any atom is 0.255 e. The van der Waals surface area contributed by atoms with Crippen molar-refractivity contribution >= 4 is 11.8 Å².